The molecule has 4 nitrogen and oxygen atoms in total. The van der Waals surface area contributed by atoms with Crippen molar-refractivity contribution in [3.63, 3.8) is 0 Å². The second-order valence-corrected chi connectivity index (χ2v) is 5.50. The van der Waals surface area contributed by atoms with E-state index in [4.69, 9.17) is 5.73 Å². The van der Waals surface area contributed by atoms with E-state index in [1.807, 2.05) is 0 Å². The van der Waals surface area contributed by atoms with Gasteiger partial charge in [-0.25, -0.2) is 4.39 Å². The summed E-state index contributed by atoms with van der Waals surface area (Å²) in [4.78, 5) is 8.76. The van der Waals surface area contributed by atoms with Gasteiger partial charge < -0.3 is 15.5 Å². The van der Waals surface area contributed by atoms with Gasteiger partial charge in [0.05, 0.1) is 11.9 Å². The first kappa shape index (κ1) is 14.4. The molecule has 2 rings (SSSR count). The zero-order valence-electron chi connectivity index (χ0n) is 11.7. The highest BCUT2D eigenvalue weighted by molar-refractivity contribution is 5.09. The van der Waals surface area contributed by atoms with Gasteiger partial charge in [0.25, 0.3) is 0 Å². The molecule has 1 aromatic heterocycles. The van der Waals surface area contributed by atoms with Crippen molar-refractivity contribution in [3.05, 3.63) is 29.8 Å². The van der Waals surface area contributed by atoms with Crippen molar-refractivity contribution in [2.75, 3.05) is 33.7 Å². The molecule has 0 saturated carbocycles. The maximum absolute atomic E-state index is 12.8. The lowest BCUT2D eigenvalue weighted by Gasteiger charge is -2.21. The van der Waals surface area contributed by atoms with Crippen molar-refractivity contribution in [2.24, 2.45) is 5.73 Å². The number of rotatable bonds is 5. The van der Waals surface area contributed by atoms with Gasteiger partial charge in [0.1, 0.15) is 5.82 Å². The van der Waals surface area contributed by atoms with Crippen LogP contribution in [0.25, 0.3) is 0 Å². The highest BCUT2D eigenvalue weighted by Gasteiger charge is 2.24. The van der Waals surface area contributed by atoms with Crippen molar-refractivity contribution in [1.82, 2.24) is 14.8 Å². The van der Waals surface area contributed by atoms with Gasteiger partial charge >= 0.3 is 0 Å². The number of nitrogens with two attached hydrogens (primary N) is 1. The minimum Gasteiger partial charge on any atom is -0.323 e. The van der Waals surface area contributed by atoms with Crippen LogP contribution in [0, 0.1) is 5.82 Å². The number of likely N-dealkylation sites (N-methyl/N-ethyl adjacent to an activating group) is 1. The highest BCUT2D eigenvalue weighted by atomic mass is 19.1. The normalized spacial score (nSPS) is 22.1. The van der Waals surface area contributed by atoms with Crippen molar-refractivity contribution in [2.45, 2.75) is 24.9 Å². The number of aromatic nitrogens is 1. The molecule has 2 heterocycles. The number of likely N-dealkylation sites (tertiary alicyclic amines) is 1. The summed E-state index contributed by atoms with van der Waals surface area (Å²) in [5.41, 5.74) is 6.86. The SMILES string of the molecule is CN(C)C1CCN(CCC(N)c2ccc(F)cn2)C1. The largest absolute Gasteiger partial charge is 0.323 e. The van der Waals surface area contributed by atoms with Crippen LogP contribution in [0.15, 0.2) is 18.3 Å². The molecule has 1 aromatic rings. The minimum absolute atomic E-state index is 0.112. The Kier molecular flexibility index (Phi) is 4.85. The Balaban J connectivity index is 1.78. The van der Waals surface area contributed by atoms with Gasteiger partial charge in [0, 0.05) is 25.2 Å². The fraction of sp³-hybridized carbons (Fsp3) is 0.643. The van der Waals surface area contributed by atoms with Crippen LogP contribution in [0.4, 0.5) is 4.39 Å². The lowest BCUT2D eigenvalue weighted by Crippen LogP contribution is -2.32. The van der Waals surface area contributed by atoms with E-state index in [1.165, 1.54) is 18.7 Å². The van der Waals surface area contributed by atoms with Gasteiger partial charge in [-0.3, -0.25) is 4.98 Å². The molecule has 19 heavy (non-hydrogen) atoms. The Bertz CT molecular complexity index is 393. The van der Waals surface area contributed by atoms with Gasteiger partial charge in [-0.15, -0.1) is 0 Å². The molecule has 1 saturated heterocycles. The molecule has 0 radical (unpaired) electrons. The summed E-state index contributed by atoms with van der Waals surface area (Å²) >= 11 is 0. The van der Waals surface area contributed by atoms with Gasteiger partial charge in [-0.05, 0) is 45.6 Å². The Morgan fingerprint density at radius 2 is 2.32 bits per heavy atom. The summed E-state index contributed by atoms with van der Waals surface area (Å²) in [7, 11) is 4.25. The third kappa shape index (κ3) is 3.96. The molecule has 1 fully saturated rings. The molecule has 5 heteroatoms. The maximum Gasteiger partial charge on any atom is 0.141 e. The molecule has 0 amide bonds. The molecule has 1 aliphatic heterocycles. The van der Waals surface area contributed by atoms with Gasteiger partial charge in [-0.1, -0.05) is 0 Å². The van der Waals surface area contributed by atoms with E-state index < -0.39 is 0 Å². The predicted molar refractivity (Wildman–Crippen MR) is 74.3 cm³/mol. The Morgan fingerprint density at radius 3 is 2.89 bits per heavy atom. The molecule has 2 atom stereocenters. The number of pyridine rings is 1. The fourth-order valence-electron chi connectivity index (χ4n) is 2.51. The Morgan fingerprint density at radius 1 is 1.53 bits per heavy atom. The van der Waals surface area contributed by atoms with Crippen LogP contribution in [0.1, 0.15) is 24.6 Å². The molecule has 1 aliphatic rings. The second-order valence-electron chi connectivity index (χ2n) is 5.50. The molecule has 2 N–H and O–H groups in total. The zero-order valence-corrected chi connectivity index (χ0v) is 11.7. The van der Waals surface area contributed by atoms with E-state index >= 15 is 0 Å². The lowest BCUT2D eigenvalue weighted by molar-refractivity contribution is 0.263. The van der Waals surface area contributed by atoms with E-state index in [-0.39, 0.29) is 11.9 Å². The third-order valence-corrected chi connectivity index (χ3v) is 3.86. The van der Waals surface area contributed by atoms with Gasteiger partial charge in [0.15, 0.2) is 0 Å². The van der Waals surface area contributed by atoms with Crippen LogP contribution in [0.2, 0.25) is 0 Å². The number of hydrogen-bond acceptors (Lipinski definition) is 4. The predicted octanol–water partition coefficient (Wildman–Crippen LogP) is 1.25. The van der Waals surface area contributed by atoms with Gasteiger partial charge in [-0.2, -0.15) is 0 Å². The van der Waals surface area contributed by atoms with Crippen molar-refractivity contribution in [1.29, 1.82) is 0 Å². The molecule has 2 unspecified atom stereocenters. The molecule has 0 aromatic carbocycles. The summed E-state index contributed by atoms with van der Waals surface area (Å²) in [5.74, 6) is -0.315. The molecule has 106 valence electrons. The first-order chi connectivity index (χ1) is 9.06. The molecular formula is C14H23FN4. The summed E-state index contributed by atoms with van der Waals surface area (Å²) in [6, 6.07) is 3.63. The summed E-state index contributed by atoms with van der Waals surface area (Å²) in [6.45, 7) is 3.22. The summed E-state index contributed by atoms with van der Waals surface area (Å²) in [5, 5.41) is 0. The fourth-order valence-corrected chi connectivity index (χ4v) is 2.51. The third-order valence-electron chi connectivity index (χ3n) is 3.86. The van der Waals surface area contributed by atoms with Crippen LogP contribution in [0.3, 0.4) is 0 Å². The molecule has 0 aliphatic carbocycles. The number of halogens is 1. The summed E-state index contributed by atoms with van der Waals surface area (Å²) < 4.78 is 12.8. The smallest absolute Gasteiger partial charge is 0.141 e. The van der Waals surface area contributed by atoms with Crippen LogP contribution in [-0.2, 0) is 0 Å². The monoisotopic (exact) mass is 266 g/mol. The second kappa shape index (κ2) is 6.41. The van der Waals surface area contributed by atoms with E-state index in [2.05, 4.69) is 28.9 Å². The van der Waals surface area contributed by atoms with E-state index in [1.54, 1.807) is 6.07 Å². The average molecular weight is 266 g/mol. The average Bonchev–Trinajstić information content (AvgIpc) is 2.86. The van der Waals surface area contributed by atoms with Crippen molar-refractivity contribution in [3.8, 4) is 0 Å². The molecule has 0 spiro atoms. The van der Waals surface area contributed by atoms with Gasteiger partial charge in [0.2, 0.25) is 0 Å². The number of hydrogen-bond donors (Lipinski definition) is 1. The maximum atomic E-state index is 12.8. The highest BCUT2D eigenvalue weighted by Crippen LogP contribution is 2.17. The van der Waals surface area contributed by atoms with Crippen LogP contribution in [0.5, 0.6) is 0 Å². The standard InChI is InChI=1S/C14H23FN4/c1-18(2)12-5-7-19(10-12)8-6-13(16)14-4-3-11(15)9-17-14/h3-4,9,12-13H,5-8,10,16H2,1-2H3. The summed E-state index contributed by atoms with van der Waals surface area (Å²) in [6.07, 6.45) is 3.31. The van der Waals surface area contributed by atoms with E-state index in [0.717, 1.165) is 31.7 Å². The minimum atomic E-state index is -0.315. The first-order valence-corrected chi connectivity index (χ1v) is 6.82. The number of nitrogens with zero attached hydrogens (tertiary/aromatic N) is 3. The van der Waals surface area contributed by atoms with Crippen LogP contribution < -0.4 is 5.73 Å². The molecule has 0 bridgehead atoms. The van der Waals surface area contributed by atoms with Crippen LogP contribution in [-0.4, -0.2) is 54.6 Å². The van der Waals surface area contributed by atoms with E-state index in [0.29, 0.717) is 6.04 Å². The van der Waals surface area contributed by atoms with Crippen molar-refractivity contribution >= 4 is 0 Å². The topological polar surface area (TPSA) is 45.4 Å². The lowest BCUT2D eigenvalue weighted by atomic mass is 10.1. The van der Waals surface area contributed by atoms with Crippen molar-refractivity contribution < 1.29 is 4.39 Å². The van der Waals surface area contributed by atoms with E-state index in [9.17, 15) is 4.39 Å². The Labute approximate surface area is 114 Å². The zero-order chi connectivity index (χ0) is 13.8. The quantitative estimate of drug-likeness (QED) is 0.871. The molecular weight excluding hydrogens is 243 g/mol. The Hall–Kier alpha value is -1.04. The van der Waals surface area contributed by atoms with Crippen LogP contribution >= 0.6 is 0 Å². The first-order valence-electron chi connectivity index (χ1n) is 6.82.